The lowest BCUT2D eigenvalue weighted by molar-refractivity contribution is 0.101. The maximum atomic E-state index is 5.34. The summed E-state index contributed by atoms with van der Waals surface area (Å²) in [5, 5.41) is 5.64. The first kappa shape index (κ1) is 17.1. The molecule has 110 valence electrons. The Morgan fingerprint density at radius 1 is 1.42 bits per heavy atom. The molecule has 0 aromatic carbocycles. The summed E-state index contributed by atoms with van der Waals surface area (Å²) in [6.07, 6.45) is 0. The molecule has 1 atom stereocenters. The fourth-order valence-electron chi connectivity index (χ4n) is 1.88. The molecule has 0 radical (unpaired) electrons. The molecule has 1 N–H and O–H groups in total. The smallest absolute Gasteiger partial charge is 0.0630 e. The zero-order valence-electron chi connectivity index (χ0n) is 12.3. The van der Waals surface area contributed by atoms with Crippen molar-refractivity contribution in [3.05, 3.63) is 20.8 Å². The predicted molar refractivity (Wildman–Crippen MR) is 86.9 cm³/mol. The zero-order valence-corrected chi connectivity index (χ0v) is 14.7. The Morgan fingerprint density at radius 3 is 2.68 bits per heavy atom. The van der Waals surface area contributed by atoms with Crippen molar-refractivity contribution in [3.8, 4) is 0 Å². The molecule has 0 aliphatic rings. The van der Waals surface area contributed by atoms with E-state index < -0.39 is 0 Å². The van der Waals surface area contributed by atoms with Crippen LogP contribution in [0.15, 0.2) is 15.9 Å². The first-order chi connectivity index (χ1) is 9.02. The fraction of sp³-hybridized carbons (Fsp3) is 0.714. The predicted octanol–water partition coefficient (Wildman–Crippen LogP) is 3.20. The van der Waals surface area contributed by atoms with Gasteiger partial charge in [-0.15, -0.1) is 11.3 Å². The number of nitrogens with zero attached hydrogens (tertiary/aromatic N) is 1. The molecule has 0 aliphatic carbocycles. The number of methoxy groups -OCH3 is 1. The molecule has 0 saturated heterocycles. The number of thiophene rings is 1. The summed E-state index contributed by atoms with van der Waals surface area (Å²) in [6, 6.07) is 2.59. The first-order valence-corrected chi connectivity index (χ1v) is 8.33. The van der Waals surface area contributed by atoms with E-state index in [0.29, 0.717) is 12.0 Å². The van der Waals surface area contributed by atoms with E-state index in [2.05, 4.69) is 58.5 Å². The van der Waals surface area contributed by atoms with Crippen LogP contribution in [0.2, 0.25) is 0 Å². The van der Waals surface area contributed by atoms with Crippen LogP contribution in [0.3, 0.4) is 0 Å². The number of nitrogens with one attached hydrogen (secondary N) is 1. The highest BCUT2D eigenvalue weighted by Crippen LogP contribution is 2.21. The van der Waals surface area contributed by atoms with Crippen molar-refractivity contribution in [1.82, 2.24) is 10.2 Å². The highest BCUT2D eigenvalue weighted by atomic mass is 79.9. The molecule has 1 unspecified atom stereocenters. The third-order valence-electron chi connectivity index (χ3n) is 2.94. The van der Waals surface area contributed by atoms with Crippen LogP contribution in [0.25, 0.3) is 0 Å². The fourth-order valence-corrected chi connectivity index (χ4v) is 3.40. The Kier molecular flexibility index (Phi) is 8.18. The molecule has 19 heavy (non-hydrogen) atoms. The monoisotopic (exact) mass is 348 g/mol. The molecule has 3 nitrogen and oxygen atoms in total. The minimum absolute atomic E-state index is 0.407. The normalized spacial score (nSPS) is 13.4. The lowest BCUT2D eigenvalue weighted by Gasteiger charge is -2.27. The van der Waals surface area contributed by atoms with Crippen molar-refractivity contribution in [2.75, 3.05) is 33.9 Å². The van der Waals surface area contributed by atoms with E-state index in [9.17, 15) is 0 Å². The second kappa shape index (κ2) is 9.08. The Labute approximate surface area is 129 Å². The zero-order chi connectivity index (χ0) is 14.3. The summed E-state index contributed by atoms with van der Waals surface area (Å²) in [6.45, 7) is 8.20. The van der Waals surface area contributed by atoms with E-state index in [1.807, 2.05) is 0 Å². The molecule has 5 heteroatoms. The van der Waals surface area contributed by atoms with Gasteiger partial charge in [0.05, 0.1) is 6.61 Å². The minimum atomic E-state index is 0.407. The molecular formula is C14H25BrN2OS. The third-order valence-corrected chi connectivity index (χ3v) is 4.62. The van der Waals surface area contributed by atoms with Crippen LogP contribution < -0.4 is 5.32 Å². The van der Waals surface area contributed by atoms with Crippen molar-refractivity contribution in [1.29, 1.82) is 0 Å². The van der Waals surface area contributed by atoms with E-state index in [1.54, 1.807) is 18.4 Å². The van der Waals surface area contributed by atoms with Gasteiger partial charge in [-0.3, -0.25) is 4.90 Å². The number of rotatable bonds is 9. The van der Waals surface area contributed by atoms with E-state index in [0.717, 1.165) is 26.2 Å². The highest BCUT2D eigenvalue weighted by molar-refractivity contribution is 9.10. The average Bonchev–Trinajstić information content (AvgIpc) is 2.73. The van der Waals surface area contributed by atoms with Gasteiger partial charge in [0.2, 0.25) is 0 Å². The minimum Gasteiger partial charge on any atom is -0.383 e. The molecule has 0 amide bonds. The lowest BCUT2D eigenvalue weighted by atomic mass is 10.2. The van der Waals surface area contributed by atoms with Crippen LogP contribution in [0.5, 0.6) is 0 Å². The van der Waals surface area contributed by atoms with Gasteiger partial charge < -0.3 is 10.1 Å². The van der Waals surface area contributed by atoms with Crippen molar-refractivity contribution < 1.29 is 4.74 Å². The van der Waals surface area contributed by atoms with Gasteiger partial charge >= 0.3 is 0 Å². The van der Waals surface area contributed by atoms with Gasteiger partial charge in [-0.2, -0.15) is 0 Å². The maximum Gasteiger partial charge on any atom is 0.0630 e. The summed E-state index contributed by atoms with van der Waals surface area (Å²) in [4.78, 5) is 3.73. The van der Waals surface area contributed by atoms with Crippen molar-refractivity contribution >= 4 is 27.3 Å². The van der Waals surface area contributed by atoms with Gasteiger partial charge in [0.15, 0.2) is 0 Å². The lowest BCUT2D eigenvalue weighted by Crippen LogP contribution is -2.43. The van der Waals surface area contributed by atoms with Crippen molar-refractivity contribution in [2.24, 2.45) is 5.92 Å². The number of ether oxygens (including phenoxy) is 1. The quantitative estimate of drug-likeness (QED) is 0.741. The maximum absolute atomic E-state index is 5.34. The Balaban J connectivity index is 2.44. The van der Waals surface area contributed by atoms with Gasteiger partial charge in [-0.1, -0.05) is 13.8 Å². The van der Waals surface area contributed by atoms with Gasteiger partial charge in [0.1, 0.15) is 0 Å². The Hall–Kier alpha value is 0.0600. The van der Waals surface area contributed by atoms with Crippen LogP contribution in [0, 0.1) is 5.92 Å². The number of hydrogen-bond acceptors (Lipinski definition) is 4. The SMILES string of the molecule is COCC(CNCC(C)C)N(C)Cc1cc(Br)cs1. The van der Waals surface area contributed by atoms with Crippen molar-refractivity contribution in [3.63, 3.8) is 0 Å². The van der Waals surface area contributed by atoms with E-state index in [-0.39, 0.29) is 0 Å². The first-order valence-electron chi connectivity index (χ1n) is 6.65. The van der Waals surface area contributed by atoms with Gasteiger partial charge in [0.25, 0.3) is 0 Å². The van der Waals surface area contributed by atoms with Crippen LogP contribution in [0.1, 0.15) is 18.7 Å². The second-order valence-electron chi connectivity index (χ2n) is 5.31. The van der Waals surface area contributed by atoms with Crippen LogP contribution in [0.4, 0.5) is 0 Å². The number of halogens is 1. The summed E-state index contributed by atoms with van der Waals surface area (Å²) >= 11 is 5.29. The largest absolute Gasteiger partial charge is 0.383 e. The number of hydrogen-bond donors (Lipinski definition) is 1. The third kappa shape index (κ3) is 6.86. The molecule has 0 aliphatic heterocycles. The van der Waals surface area contributed by atoms with E-state index in [1.165, 1.54) is 9.35 Å². The molecule has 1 heterocycles. The average molecular weight is 349 g/mol. The molecule has 0 saturated carbocycles. The van der Waals surface area contributed by atoms with Crippen LogP contribution in [-0.2, 0) is 11.3 Å². The second-order valence-corrected chi connectivity index (χ2v) is 7.22. The van der Waals surface area contributed by atoms with Gasteiger partial charge in [-0.25, -0.2) is 0 Å². The highest BCUT2D eigenvalue weighted by Gasteiger charge is 2.15. The summed E-state index contributed by atoms with van der Waals surface area (Å²) in [7, 11) is 3.93. The molecule has 1 aromatic rings. The molecule has 0 spiro atoms. The number of likely N-dealkylation sites (N-methyl/N-ethyl adjacent to an activating group) is 1. The molecule has 1 aromatic heterocycles. The topological polar surface area (TPSA) is 24.5 Å². The van der Waals surface area contributed by atoms with E-state index in [4.69, 9.17) is 4.74 Å². The van der Waals surface area contributed by atoms with Crippen molar-refractivity contribution in [2.45, 2.75) is 26.4 Å². The van der Waals surface area contributed by atoms with E-state index >= 15 is 0 Å². The summed E-state index contributed by atoms with van der Waals surface area (Å²) in [5.74, 6) is 0.682. The Bertz CT molecular complexity index is 357. The Morgan fingerprint density at radius 2 is 2.16 bits per heavy atom. The molecule has 0 bridgehead atoms. The van der Waals surface area contributed by atoms with Crippen LogP contribution >= 0.6 is 27.3 Å². The summed E-state index contributed by atoms with van der Waals surface area (Å²) < 4.78 is 6.51. The summed E-state index contributed by atoms with van der Waals surface area (Å²) in [5.41, 5.74) is 0. The molecule has 1 rings (SSSR count). The molecular weight excluding hydrogens is 324 g/mol. The van der Waals surface area contributed by atoms with Crippen LogP contribution in [-0.4, -0.2) is 44.8 Å². The van der Waals surface area contributed by atoms with Gasteiger partial charge in [0, 0.05) is 41.0 Å². The van der Waals surface area contributed by atoms with Gasteiger partial charge in [-0.05, 0) is 41.5 Å². The standard InChI is InChI=1S/C14H25BrN2OS/c1-11(2)6-16-7-13(9-18-4)17(3)8-14-5-12(15)10-19-14/h5,10-11,13,16H,6-9H2,1-4H3. The molecule has 0 fully saturated rings.